The number of methoxy groups -OCH3 is 1. The molecule has 0 bridgehead atoms. The van der Waals surface area contributed by atoms with Crippen molar-refractivity contribution in [1.82, 2.24) is 0 Å². The van der Waals surface area contributed by atoms with Gasteiger partial charge in [0.1, 0.15) is 5.76 Å². The van der Waals surface area contributed by atoms with Gasteiger partial charge in [-0.2, -0.15) is 0 Å². The highest BCUT2D eigenvalue weighted by molar-refractivity contribution is 7.92. The van der Waals surface area contributed by atoms with Crippen LogP contribution in [0.15, 0.2) is 47.1 Å². The normalized spacial score (nSPS) is 11.1. The van der Waals surface area contributed by atoms with Crippen LogP contribution in [0.25, 0.3) is 0 Å². The molecule has 5 nitrogen and oxygen atoms in total. The van der Waals surface area contributed by atoms with E-state index in [2.05, 4.69) is 5.92 Å². The maximum Gasteiger partial charge on any atom is 0.237 e. The number of ether oxygens (including phenoxy) is 1. The molecule has 1 heterocycles. The molecule has 0 fully saturated rings. The quantitative estimate of drug-likeness (QED) is 0.734. The molecule has 0 aliphatic heterocycles. The van der Waals surface area contributed by atoms with Crippen molar-refractivity contribution in [2.45, 2.75) is 6.54 Å². The zero-order valence-corrected chi connectivity index (χ0v) is 13.0. The number of hydrogen-bond donors (Lipinski definition) is 0. The van der Waals surface area contributed by atoms with E-state index in [4.69, 9.17) is 15.6 Å². The molecule has 0 saturated heterocycles. The first-order valence-corrected chi connectivity index (χ1v) is 8.26. The highest BCUT2D eigenvalue weighted by Crippen LogP contribution is 2.22. The molecule has 0 N–H and O–H groups in total. The molecule has 6 heteroatoms. The van der Waals surface area contributed by atoms with E-state index in [0.29, 0.717) is 17.0 Å². The summed E-state index contributed by atoms with van der Waals surface area (Å²) in [5.74, 6) is 2.93. The average Bonchev–Trinajstić information content (AvgIpc) is 3.04. The number of benzene rings is 1. The molecule has 116 valence electrons. The molecule has 0 spiro atoms. The Kier molecular flexibility index (Phi) is 5.26. The minimum Gasteiger partial charge on any atom is -0.467 e. The van der Waals surface area contributed by atoms with Crippen LogP contribution in [0, 0.1) is 12.3 Å². The summed E-state index contributed by atoms with van der Waals surface area (Å²) < 4.78 is 36.6. The Balaban J connectivity index is 2.38. The van der Waals surface area contributed by atoms with Gasteiger partial charge in [-0.25, -0.2) is 8.42 Å². The van der Waals surface area contributed by atoms with E-state index in [1.807, 2.05) is 0 Å². The number of sulfonamides is 1. The predicted octanol–water partition coefficient (Wildman–Crippen LogP) is 2.24. The van der Waals surface area contributed by atoms with Gasteiger partial charge >= 0.3 is 0 Å². The second kappa shape index (κ2) is 7.16. The summed E-state index contributed by atoms with van der Waals surface area (Å²) in [4.78, 5) is 0. The third kappa shape index (κ3) is 3.91. The summed E-state index contributed by atoms with van der Waals surface area (Å²) in [5.41, 5.74) is 1.12. The van der Waals surface area contributed by atoms with Gasteiger partial charge in [-0.3, -0.25) is 4.31 Å². The monoisotopic (exact) mass is 319 g/mol. The van der Waals surface area contributed by atoms with Crippen LogP contribution in [0.5, 0.6) is 0 Å². The third-order valence-corrected chi connectivity index (χ3v) is 4.76. The van der Waals surface area contributed by atoms with Gasteiger partial charge in [-0.1, -0.05) is 12.0 Å². The van der Waals surface area contributed by atoms with Crippen molar-refractivity contribution in [3.8, 4) is 12.3 Å². The Bertz CT molecular complexity index is 745. The minimum atomic E-state index is -3.56. The summed E-state index contributed by atoms with van der Waals surface area (Å²) in [6, 6.07) is 10.3. The van der Waals surface area contributed by atoms with Crippen molar-refractivity contribution in [3.63, 3.8) is 0 Å². The number of rotatable bonds is 7. The molecule has 1 aromatic carbocycles. The second-order valence-electron chi connectivity index (χ2n) is 4.59. The molecule has 0 aliphatic rings. The lowest BCUT2D eigenvalue weighted by molar-refractivity contribution is 0.217. The molecule has 0 unspecified atom stereocenters. The van der Waals surface area contributed by atoms with Gasteiger partial charge in [0.15, 0.2) is 0 Å². The summed E-state index contributed by atoms with van der Waals surface area (Å²) in [6.45, 7) is 0.221. The first-order chi connectivity index (χ1) is 10.6. The Labute approximate surface area is 130 Å². The highest BCUT2D eigenvalue weighted by atomic mass is 32.2. The standard InChI is InChI=1S/C16H17NO4S/c1-3-14-6-4-7-15(12-14)17(13-16-8-5-9-21-16)22(18,19)11-10-20-2/h1,4-9,12H,10-11,13H2,2H3. The van der Waals surface area contributed by atoms with Gasteiger partial charge in [0.2, 0.25) is 10.0 Å². The summed E-state index contributed by atoms with van der Waals surface area (Å²) in [7, 11) is -2.10. The Morgan fingerprint density at radius 2 is 2.14 bits per heavy atom. The molecule has 0 amide bonds. The minimum absolute atomic E-state index is 0.104. The lowest BCUT2D eigenvalue weighted by Gasteiger charge is -2.23. The van der Waals surface area contributed by atoms with Gasteiger partial charge in [0, 0.05) is 12.7 Å². The lowest BCUT2D eigenvalue weighted by atomic mass is 10.2. The van der Waals surface area contributed by atoms with Crippen molar-refractivity contribution in [2.24, 2.45) is 0 Å². The first kappa shape index (κ1) is 16.1. The highest BCUT2D eigenvalue weighted by Gasteiger charge is 2.23. The molecule has 0 saturated carbocycles. The second-order valence-corrected chi connectivity index (χ2v) is 6.60. The maximum absolute atomic E-state index is 12.6. The van der Waals surface area contributed by atoms with E-state index in [1.165, 1.54) is 17.7 Å². The summed E-state index contributed by atoms with van der Waals surface area (Å²) in [5, 5.41) is 0. The molecule has 1 aromatic heterocycles. The van der Waals surface area contributed by atoms with Crippen LogP contribution < -0.4 is 4.31 Å². The maximum atomic E-state index is 12.6. The van der Waals surface area contributed by atoms with Gasteiger partial charge in [0.25, 0.3) is 0 Å². The van der Waals surface area contributed by atoms with Gasteiger partial charge in [-0.15, -0.1) is 6.42 Å². The molecule has 2 rings (SSSR count). The van der Waals surface area contributed by atoms with E-state index in [-0.39, 0.29) is 18.9 Å². The van der Waals surface area contributed by atoms with Crippen LogP contribution in [0.3, 0.4) is 0 Å². The van der Waals surface area contributed by atoms with Crippen LogP contribution in [0.4, 0.5) is 5.69 Å². The fraction of sp³-hybridized carbons (Fsp3) is 0.250. The van der Waals surface area contributed by atoms with Crippen LogP contribution in [-0.4, -0.2) is 27.9 Å². The van der Waals surface area contributed by atoms with Crippen molar-refractivity contribution >= 4 is 15.7 Å². The smallest absolute Gasteiger partial charge is 0.237 e. The van der Waals surface area contributed by atoms with Crippen molar-refractivity contribution in [2.75, 3.05) is 23.8 Å². The number of terminal acetylenes is 1. The topological polar surface area (TPSA) is 59.8 Å². The van der Waals surface area contributed by atoms with E-state index in [0.717, 1.165) is 0 Å². The van der Waals surface area contributed by atoms with E-state index in [9.17, 15) is 8.42 Å². The fourth-order valence-electron chi connectivity index (χ4n) is 1.94. The average molecular weight is 319 g/mol. The van der Waals surface area contributed by atoms with Crippen LogP contribution >= 0.6 is 0 Å². The third-order valence-electron chi connectivity index (χ3n) is 3.06. The molecule has 0 radical (unpaired) electrons. The van der Waals surface area contributed by atoms with Crippen molar-refractivity contribution in [1.29, 1.82) is 0 Å². The molecular formula is C16H17NO4S. The van der Waals surface area contributed by atoms with Gasteiger partial charge in [-0.05, 0) is 30.3 Å². The number of furan rings is 1. The fourth-order valence-corrected chi connectivity index (χ4v) is 3.30. The number of hydrogen-bond acceptors (Lipinski definition) is 4. The molecule has 2 aromatic rings. The summed E-state index contributed by atoms with van der Waals surface area (Å²) >= 11 is 0. The van der Waals surface area contributed by atoms with E-state index >= 15 is 0 Å². The largest absolute Gasteiger partial charge is 0.467 e. The van der Waals surface area contributed by atoms with Crippen LogP contribution in [0.1, 0.15) is 11.3 Å². The molecule has 22 heavy (non-hydrogen) atoms. The zero-order chi connectivity index (χ0) is 16.0. The Hall–Kier alpha value is -2.23. The molecule has 0 aliphatic carbocycles. The number of anilines is 1. The van der Waals surface area contributed by atoms with Crippen LogP contribution in [0.2, 0.25) is 0 Å². The molecular weight excluding hydrogens is 302 g/mol. The van der Waals surface area contributed by atoms with E-state index < -0.39 is 10.0 Å². The van der Waals surface area contributed by atoms with Gasteiger partial charge < -0.3 is 9.15 Å². The SMILES string of the molecule is C#Cc1cccc(N(Cc2ccco2)S(=O)(=O)CCOC)c1. The Morgan fingerprint density at radius 1 is 1.32 bits per heavy atom. The first-order valence-electron chi connectivity index (χ1n) is 6.65. The molecule has 0 atom stereocenters. The zero-order valence-electron chi connectivity index (χ0n) is 12.2. The van der Waals surface area contributed by atoms with Crippen LogP contribution in [-0.2, 0) is 21.3 Å². The predicted molar refractivity (Wildman–Crippen MR) is 84.9 cm³/mol. The van der Waals surface area contributed by atoms with Gasteiger partial charge in [0.05, 0.1) is 30.9 Å². The van der Waals surface area contributed by atoms with Crippen molar-refractivity contribution < 1.29 is 17.6 Å². The summed E-state index contributed by atoms with van der Waals surface area (Å²) in [6.07, 6.45) is 6.89. The number of nitrogens with zero attached hydrogens (tertiary/aromatic N) is 1. The van der Waals surface area contributed by atoms with E-state index in [1.54, 1.807) is 36.4 Å². The Morgan fingerprint density at radius 3 is 2.77 bits per heavy atom. The van der Waals surface area contributed by atoms with Crippen molar-refractivity contribution in [3.05, 3.63) is 54.0 Å². The lowest BCUT2D eigenvalue weighted by Crippen LogP contribution is -2.33.